The average Bonchev–Trinajstić information content (AvgIpc) is 1.88. The van der Waals surface area contributed by atoms with E-state index in [-0.39, 0.29) is 0 Å². The summed E-state index contributed by atoms with van der Waals surface area (Å²) in [6.45, 7) is 8.54. The highest BCUT2D eigenvalue weighted by atomic mass is 16.5. The Hall–Kier alpha value is -0.790. The Morgan fingerprint density at radius 2 is 2.50 bits per heavy atom. The molecule has 2 heteroatoms. The van der Waals surface area contributed by atoms with Crippen LogP contribution in [0.3, 0.4) is 0 Å². The summed E-state index contributed by atoms with van der Waals surface area (Å²) in [5.74, 6) is 0.735. The summed E-state index contributed by atoms with van der Waals surface area (Å²) >= 11 is 0. The van der Waals surface area contributed by atoms with Crippen LogP contribution in [0.2, 0.25) is 0 Å². The topological polar surface area (TPSA) is 21.6 Å². The van der Waals surface area contributed by atoms with Gasteiger partial charge in [0.15, 0.2) is 0 Å². The van der Waals surface area contributed by atoms with Crippen LogP contribution in [0.5, 0.6) is 0 Å². The Balaban J connectivity index is 2.66. The van der Waals surface area contributed by atoms with E-state index in [2.05, 4.69) is 18.5 Å². The largest absolute Gasteiger partial charge is 0.478 e. The first-order chi connectivity index (χ1) is 4.70. The van der Waals surface area contributed by atoms with E-state index in [1.807, 2.05) is 6.92 Å². The normalized spacial score (nSPS) is 25.0. The molecule has 1 aliphatic rings. The molecule has 1 heterocycles. The van der Waals surface area contributed by atoms with Crippen LogP contribution in [-0.2, 0) is 4.74 Å². The van der Waals surface area contributed by atoms with Crippen molar-refractivity contribution >= 4 is 5.90 Å². The lowest BCUT2D eigenvalue weighted by Crippen LogP contribution is -2.19. The van der Waals surface area contributed by atoms with Gasteiger partial charge in [-0.1, -0.05) is 6.58 Å². The van der Waals surface area contributed by atoms with E-state index in [9.17, 15) is 0 Å². The summed E-state index contributed by atoms with van der Waals surface area (Å²) in [5, 5.41) is 0. The highest BCUT2D eigenvalue weighted by Gasteiger charge is 2.11. The van der Waals surface area contributed by atoms with Crippen molar-refractivity contribution in [3.8, 4) is 0 Å². The number of rotatable bonds is 1. The SMILES string of the molecule is C=C(C)C1=NC(C)CCO1. The first kappa shape index (κ1) is 7.32. The predicted octanol–water partition coefficient (Wildman–Crippen LogP) is 1.77. The summed E-state index contributed by atoms with van der Waals surface area (Å²) in [7, 11) is 0. The first-order valence-corrected chi connectivity index (χ1v) is 3.56. The Morgan fingerprint density at radius 3 is 2.90 bits per heavy atom. The van der Waals surface area contributed by atoms with Gasteiger partial charge < -0.3 is 4.74 Å². The van der Waals surface area contributed by atoms with Gasteiger partial charge in [0, 0.05) is 12.0 Å². The smallest absolute Gasteiger partial charge is 0.211 e. The lowest BCUT2D eigenvalue weighted by atomic mass is 10.2. The van der Waals surface area contributed by atoms with Gasteiger partial charge in [0.05, 0.1) is 12.6 Å². The molecule has 0 spiro atoms. The number of nitrogens with zero attached hydrogens (tertiary/aromatic N) is 1. The summed E-state index contributed by atoms with van der Waals surface area (Å²) in [6, 6.07) is 0.403. The standard InChI is InChI=1S/C8H13NO/c1-6(2)8-9-7(3)4-5-10-8/h7H,1,4-5H2,2-3H3. The van der Waals surface area contributed by atoms with Crippen molar-refractivity contribution in [3.63, 3.8) is 0 Å². The second-order valence-electron chi connectivity index (χ2n) is 2.70. The van der Waals surface area contributed by atoms with Crippen LogP contribution in [0, 0.1) is 0 Å². The van der Waals surface area contributed by atoms with Crippen molar-refractivity contribution in [2.75, 3.05) is 6.61 Å². The third-order valence-electron chi connectivity index (χ3n) is 1.48. The van der Waals surface area contributed by atoms with Gasteiger partial charge in [-0.25, -0.2) is 4.99 Å². The Labute approximate surface area is 61.6 Å². The molecule has 1 rings (SSSR count). The monoisotopic (exact) mass is 139 g/mol. The highest BCUT2D eigenvalue weighted by Crippen LogP contribution is 2.09. The van der Waals surface area contributed by atoms with Gasteiger partial charge in [-0.05, 0) is 13.8 Å². The fraction of sp³-hybridized carbons (Fsp3) is 0.625. The van der Waals surface area contributed by atoms with Crippen LogP contribution in [-0.4, -0.2) is 18.5 Å². The van der Waals surface area contributed by atoms with E-state index in [0.717, 1.165) is 24.5 Å². The molecule has 2 nitrogen and oxygen atoms in total. The van der Waals surface area contributed by atoms with Crippen LogP contribution in [0.15, 0.2) is 17.1 Å². The van der Waals surface area contributed by atoms with E-state index < -0.39 is 0 Å². The molecule has 1 unspecified atom stereocenters. The zero-order chi connectivity index (χ0) is 7.56. The molecular formula is C8H13NO. The highest BCUT2D eigenvalue weighted by molar-refractivity contribution is 5.92. The average molecular weight is 139 g/mol. The predicted molar refractivity (Wildman–Crippen MR) is 42.3 cm³/mol. The van der Waals surface area contributed by atoms with E-state index in [0.29, 0.717) is 6.04 Å². The molecule has 10 heavy (non-hydrogen) atoms. The molecule has 0 radical (unpaired) electrons. The van der Waals surface area contributed by atoms with Crippen LogP contribution in [0.1, 0.15) is 20.3 Å². The minimum atomic E-state index is 0.403. The molecule has 1 atom stereocenters. The summed E-state index contributed by atoms with van der Waals surface area (Å²) in [5.41, 5.74) is 0.923. The van der Waals surface area contributed by atoms with Crippen molar-refractivity contribution in [3.05, 3.63) is 12.2 Å². The number of ether oxygens (including phenoxy) is 1. The third-order valence-corrected chi connectivity index (χ3v) is 1.48. The van der Waals surface area contributed by atoms with Crippen molar-refractivity contribution in [2.45, 2.75) is 26.3 Å². The molecule has 0 aromatic rings. The second-order valence-corrected chi connectivity index (χ2v) is 2.70. The third kappa shape index (κ3) is 1.59. The zero-order valence-electron chi connectivity index (χ0n) is 6.55. The maximum absolute atomic E-state index is 5.26. The molecule has 0 aromatic carbocycles. The fourth-order valence-electron chi connectivity index (χ4n) is 0.862. The summed E-state index contributed by atoms with van der Waals surface area (Å²) in [4.78, 5) is 4.28. The first-order valence-electron chi connectivity index (χ1n) is 3.56. The van der Waals surface area contributed by atoms with Gasteiger partial charge in [0.25, 0.3) is 0 Å². The summed E-state index contributed by atoms with van der Waals surface area (Å²) < 4.78 is 5.26. The molecule has 0 saturated heterocycles. The van der Waals surface area contributed by atoms with Crippen molar-refractivity contribution in [1.29, 1.82) is 0 Å². The molecule has 0 aliphatic carbocycles. The zero-order valence-corrected chi connectivity index (χ0v) is 6.55. The molecular weight excluding hydrogens is 126 g/mol. The van der Waals surface area contributed by atoms with Gasteiger partial charge >= 0.3 is 0 Å². The summed E-state index contributed by atoms with van der Waals surface area (Å²) in [6.07, 6.45) is 1.02. The van der Waals surface area contributed by atoms with E-state index in [4.69, 9.17) is 4.74 Å². The number of hydrogen-bond acceptors (Lipinski definition) is 2. The Bertz CT molecular complexity index is 172. The fourth-order valence-corrected chi connectivity index (χ4v) is 0.862. The lowest BCUT2D eigenvalue weighted by molar-refractivity contribution is 0.265. The van der Waals surface area contributed by atoms with Crippen molar-refractivity contribution < 1.29 is 4.74 Å². The Kier molecular flexibility index (Phi) is 2.10. The molecule has 1 aliphatic heterocycles. The van der Waals surface area contributed by atoms with Crippen molar-refractivity contribution in [2.24, 2.45) is 4.99 Å². The van der Waals surface area contributed by atoms with Gasteiger partial charge in [0.2, 0.25) is 5.90 Å². The van der Waals surface area contributed by atoms with Crippen molar-refractivity contribution in [1.82, 2.24) is 0 Å². The molecule has 0 saturated carbocycles. The lowest BCUT2D eigenvalue weighted by Gasteiger charge is -2.17. The molecule has 0 amide bonds. The van der Waals surface area contributed by atoms with Crippen LogP contribution in [0.4, 0.5) is 0 Å². The Morgan fingerprint density at radius 1 is 1.80 bits per heavy atom. The molecule has 56 valence electrons. The molecule has 0 fully saturated rings. The van der Waals surface area contributed by atoms with Crippen LogP contribution in [0.25, 0.3) is 0 Å². The van der Waals surface area contributed by atoms with Crippen LogP contribution >= 0.6 is 0 Å². The minimum Gasteiger partial charge on any atom is -0.478 e. The number of hydrogen-bond donors (Lipinski definition) is 0. The maximum atomic E-state index is 5.26. The second kappa shape index (κ2) is 2.86. The van der Waals surface area contributed by atoms with Gasteiger partial charge in [-0.2, -0.15) is 0 Å². The molecule has 0 aromatic heterocycles. The number of aliphatic imine (C=N–C) groups is 1. The molecule has 0 bridgehead atoms. The van der Waals surface area contributed by atoms with Gasteiger partial charge in [0.1, 0.15) is 0 Å². The van der Waals surface area contributed by atoms with E-state index in [1.165, 1.54) is 0 Å². The van der Waals surface area contributed by atoms with E-state index >= 15 is 0 Å². The molecule has 0 N–H and O–H groups in total. The van der Waals surface area contributed by atoms with E-state index in [1.54, 1.807) is 0 Å². The minimum absolute atomic E-state index is 0.403. The maximum Gasteiger partial charge on any atom is 0.211 e. The van der Waals surface area contributed by atoms with Gasteiger partial charge in [-0.3, -0.25) is 0 Å². The quantitative estimate of drug-likeness (QED) is 0.542. The van der Waals surface area contributed by atoms with Crippen LogP contribution < -0.4 is 0 Å². The van der Waals surface area contributed by atoms with Gasteiger partial charge in [-0.15, -0.1) is 0 Å².